The van der Waals surface area contributed by atoms with E-state index in [0.717, 1.165) is 18.2 Å². The van der Waals surface area contributed by atoms with Crippen LogP contribution in [-0.2, 0) is 42.9 Å². The molecule has 2 heterocycles. The lowest BCUT2D eigenvalue weighted by Gasteiger charge is -2.38. The van der Waals surface area contributed by atoms with Gasteiger partial charge in [-0.15, -0.1) is 0 Å². The minimum atomic E-state index is -2.22. The van der Waals surface area contributed by atoms with E-state index in [1.165, 1.54) is 72.8 Å². The molecule has 0 amide bonds. The monoisotopic (exact) mass is 734 g/mol. The van der Waals surface area contributed by atoms with Gasteiger partial charge in [0.05, 0.1) is 19.3 Å². The van der Waals surface area contributed by atoms with E-state index >= 15 is 0 Å². The smallest absolute Gasteiger partial charge is 0.364 e. The summed E-state index contributed by atoms with van der Waals surface area (Å²) in [5.41, 5.74) is 1.10. The topological polar surface area (TPSA) is 256 Å². The van der Waals surface area contributed by atoms with Gasteiger partial charge in [-0.1, -0.05) is 18.2 Å². The standard InChI is InChI=1S/C37H34O16/c38-25-7-1-20(13-28(25)41)4-10-32(44)49-17-23-16-37(36(47)48)52-31(19-51-34(46)12-6-22-3-9-27(40)30(43)15-22)35(53-37)24(23)18-50-33(45)11-5-21-2-8-26(39)29(42)14-21/h1-15,23-24,31,35,38-43H,16-19H2,(H,47,48)/b10-4+,11-5+,12-6+. The minimum Gasteiger partial charge on any atom is -0.504 e. The third kappa shape index (κ3) is 9.43. The number of phenolic OH excluding ortho intramolecular Hbond substituents is 6. The SMILES string of the molecule is O=C(/C=C/c1ccc(O)c(O)c1)OCC1CC2(C(=O)O)OC(COC(=O)/C=C/c3ccc(O)c(O)c3)C(O2)C1COC(=O)/C=C/c1ccc(O)c(O)c1. The average molecular weight is 735 g/mol. The molecule has 7 N–H and O–H groups in total. The maximum absolute atomic E-state index is 12.7. The molecule has 5 rings (SSSR count). The lowest BCUT2D eigenvalue weighted by atomic mass is 9.80. The number of carboxylic acids is 1. The number of phenols is 6. The van der Waals surface area contributed by atoms with Crippen molar-refractivity contribution in [1.82, 2.24) is 0 Å². The molecule has 16 heteroatoms. The van der Waals surface area contributed by atoms with E-state index in [0.29, 0.717) is 16.7 Å². The van der Waals surface area contributed by atoms with Gasteiger partial charge in [0, 0.05) is 36.5 Å². The molecule has 0 aromatic heterocycles. The first kappa shape index (κ1) is 37.7. The number of aromatic hydroxyl groups is 6. The van der Waals surface area contributed by atoms with Crippen LogP contribution >= 0.6 is 0 Å². The second-order valence-electron chi connectivity index (χ2n) is 12.1. The number of ether oxygens (including phenoxy) is 5. The van der Waals surface area contributed by atoms with Crippen molar-refractivity contribution >= 4 is 42.1 Å². The first-order valence-corrected chi connectivity index (χ1v) is 15.9. The Morgan fingerprint density at radius 2 is 1.02 bits per heavy atom. The number of aliphatic carboxylic acids is 1. The van der Waals surface area contributed by atoms with Crippen molar-refractivity contribution in [2.24, 2.45) is 11.8 Å². The second kappa shape index (κ2) is 16.2. The Labute approximate surface area is 300 Å². The maximum Gasteiger partial charge on any atom is 0.364 e. The lowest BCUT2D eigenvalue weighted by Crippen LogP contribution is -2.51. The van der Waals surface area contributed by atoms with Crippen molar-refractivity contribution in [2.45, 2.75) is 24.4 Å². The highest BCUT2D eigenvalue weighted by molar-refractivity contribution is 5.88. The molecule has 53 heavy (non-hydrogen) atoms. The first-order chi connectivity index (χ1) is 25.2. The summed E-state index contributed by atoms with van der Waals surface area (Å²) in [6, 6.07) is 11.6. The number of carbonyl (C=O) groups is 4. The molecular weight excluding hydrogens is 700 g/mol. The Hall–Kier alpha value is -6.52. The van der Waals surface area contributed by atoms with E-state index in [4.69, 9.17) is 23.7 Å². The van der Waals surface area contributed by atoms with Crippen LogP contribution < -0.4 is 0 Å². The molecule has 2 bridgehead atoms. The van der Waals surface area contributed by atoms with Crippen LogP contribution in [0.4, 0.5) is 0 Å². The molecule has 2 fully saturated rings. The Morgan fingerprint density at radius 3 is 1.43 bits per heavy atom. The number of hydrogen-bond acceptors (Lipinski definition) is 15. The van der Waals surface area contributed by atoms with Gasteiger partial charge in [0.1, 0.15) is 12.7 Å². The molecule has 0 radical (unpaired) electrons. The van der Waals surface area contributed by atoms with Crippen molar-refractivity contribution in [3.63, 3.8) is 0 Å². The molecule has 2 saturated heterocycles. The summed E-state index contributed by atoms with van der Waals surface area (Å²) in [5, 5.41) is 67.7. The molecule has 2 aliphatic rings. The van der Waals surface area contributed by atoms with Gasteiger partial charge >= 0.3 is 23.9 Å². The fourth-order valence-electron chi connectivity index (χ4n) is 5.69. The molecule has 5 unspecified atom stereocenters. The molecule has 16 nitrogen and oxygen atoms in total. The number of fused-ring (bicyclic) bond motifs is 2. The number of rotatable bonds is 13. The Morgan fingerprint density at radius 1 is 0.604 bits per heavy atom. The number of carboxylic acid groups (broad SMARTS) is 1. The molecule has 0 aliphatic carbocycles. The van der Waals surface area contributed by atoms with Crippen molar-refractivity contribution in [2.75, 3.05) is 19.8 Å². The summed E-state index contributed by atoms with van der Waals surface area (Å²) < 4.78 is 27.9. The van der Waals surface area contributed by atoms with Gasteiger partial charge in [-0.25, -0.2) is 19.2 Å². The van der Waals surface area contributed by atoms with Gasteiger partial charge in [0.25, 0.3) is 5.79 Å². The number of carbonyl (C=O) groups excluding carboxylic acids is 3. The summed E-state index contributed by atoms with van der Waals surface area (Å²) in [5.74, 6) is -10.2. The predicted octanol–water partition coefficient (Wildman–Crippen LogP) is 3.19. The predicted molar refractivity (Wildman–Crippen MR) is 181 cm³/mol. The number of benzene rings is 3. The Balaban J connectivity index is 1.30. The van der Waals surface area contributed by atoms with Gasteiger partial charge in [0.15, 0.2) is 34.5 Å². The van der Waals surface area contributed by atoms with Crippen molar-refractivity contribution in [3.05, 3.63) is 89.5 Å². The highest BCUT2D eigenvalue weighted by atomic mass is 16.8. The van der Waals surface area contributed by atoms with Gasteiger partial charge in [-0.3, -0.25) is 0 Å². The fraction of sp³-hybridized carbons (Fsp3) is 0.243. The zero-order valence-electron chi connectivity index (χ0n) is 27.6. The van der Waals surface area contributed by atoms with Crippen LogP contribution in [0.3, 0.4) is 0 Å². The molecule has 5 atom stereocenters. The van der Waals surface area contributed by atoms with Crippen LogP contribution in [-0.4, -0.2) is 97.4 Å². The molecule has 0 spiro atoms. The Bertz CT molecular complexity index is 1970. The lowest BCUT2D eigenvalue weighted by molar-refractivity contribution is -0.235. The fourth-order valence-corrected chi connectivity index (χ4v) is 5.69. The van der Waals surface area contributed by atoms with E-state index < -0.39 is 77.6 Å². The average Bonchev–Trinajstić information content (AvgIpc) is 3.44. The van der Waals surface area contributed by atoms with E-state index in [1.54, 1.807) is 0 Å². The largest absolute Gasteiger partial charge is 0.504 e. The molecule has 3 aromatic rings. The van der Waals surface area contributed by atoms with Crippen molar-refractivity contribution in [3.8, 4) is 34.5 Å². The van der Waals surface area contributed by atoms with E-state index in [-0.39, 0.29) is 36.9 Å². The number of hydrogen-bond donors (Lipinski definition) is 7. The van der Waals surface area contributed by atoms with Crippen LogP contribution in [0.5, 0.6) is 34.5 Å². The van der Waals surface area contributed by atoms with Gasteiger partial charge in [0.2, 0.25) is 0 Å². The summed E-state index contributed by atoms with van der Waals surface area (Å²) in [4.78, 5) is 50.4. The molecule has 278 valence electrons. The zero-order valence-corrected chi connectivity index (χ0v) is 27.6. The Kier molecular flexibility index (Phi) is 11.5. The van der Waals surface area contributed by atoms with Gasteiger partial charge in [-0.2, -0.15) is 0 Å². The van der Waals surface area contributed by atoms with E-state index in [2.05, 4.69) is 0 Å². The second-order valence-corrected chi connectivity index (χ2v) is 12.1. The highest BCUT2D eigenvalue weighted by Gasteiger charge is 2.62. The van der Waals surface area contributed by atoms with Crippen LogP contribution in [0, 0.1) is 11.8 Å². The van der Waals surface area contributed by atoms with Crippen LogP contribution in [0.2, 0.25) is 0 Å². The zero-order chi connectivity index (χ0) is 38.3. The third-order valence-corrected chi connectivity index (χ3v) is 8.40. The van der Waals surface area contributed by atoms with Crippen LogP contribution in [0.1, 0.15) is 23.1 Å². The molecule has 3 aromatic carbocycles. The maximum atomic E-state index is 12.7. The highest BCUT2D eigenvalue weighted by Crippen LogP contribution is 2.47. The van der Waals surface area contributed by atoms with E-state index in [9.17, 15) is 54.9 Å². The number of esters is 3. The van der Waals surface area contributed by atoms with Crippen LogP contribution in [0.25, 0.3) is 18.2 Å². The summed E-state index contributed by atoms with van der Waals surface area (Å²) >= 11 is 0. The van der Waals surface area contributed by atoms with Gasteiger partial charge in [-0.05, 0) is 71.3 Å². The molecule has 2 aliphatic heterocycles. The van der Waals surface area contributed by atoms with Crippen molar-refractivity contribution in [1.29, 1.82) is 0 Å². The van der Waals surface area contributed by atoms with Crippen LogP contribution in [0.15, 0.2) is 72.8 Å². The molecule has 0 saturated carbocycles. The molecular formula is C37H34O16. The van der Waals surface area contributed by atoms with Gasteiger partial charge < -0.3 is 59.4 Å². The van der Waals surface area contributed by atoms with Crippen molar-refractivity contribution < 1.29 is 78.6 Å². The minimum absolute atomic E-state index is 0.352. The summed E-state index contributed by atoms with van der Waals surface area (Å²) in [6.07, 6.45) is 4.42. The summed E-state index contributed by atoms with van der Waals surface area (Å²) in [7, 11) is 0. The third-order valence-electron chi connectivity index (χ3n) is 8.40. The quantitative estimate of drug-likeness (QED) is 0.0576. The normalized spacial score (nSPS) is 22.3. The van der Waals surface area contributed by atoms with E-state index in [1.807, 2.05) is 0 Å². The first-order valence-electron chi connectivity index (χ1n) is 15.9. The summed E-state index contributed by atoms with van der Waals surface area (Å²) in [6.45, 7) is -1.25.